The lowest BCUT2D eigenvalue weighted by atomic mass is 10.5. The average molecular weight is 288 g/mol. The molecule has 8 heteroatoms. The van der Waals surface area contributed by atoms with Gasteiger partial charge in [-0.15, -0.1) is 0 Å². The molecule has 1 N–H and O–H groups in total. The van der Waals surface area contributed by atoms with Crippen LogP contribution in [0.1, 0.15) is 13.3 Å². The summed E-state index contributed by atoms with van der Waals surface area (Å²) in [7, 11) is -0.175. The molecule has 0 aromatic carbocycles. The Hall–Kier alpha value is -1.41. The monoisotopic (exact) mass is 288 g/mol. The van der Waals surface area contributed by atoms with Gasteiger partial charge in [0.2, 0.25) is 15.9 Å². The van der Waals surface area contributed by atoms with E-state index in [1.165, 1.54) is 24.7 Å². The summed E-state index contributed by atoms with van der Waals surface area (Å²) in [6.07, 6.45) is 2.28. The fourth-order valence-corrected chi connectivity index (χ4v) is 1.94. The number of nitrogens with zero attached hydrogens (tertiary/aromatic N) is 3. The summed E-state index contributed by atoms with van der Waals surface area (Å²) >= 11 is 0. The topological polar surface area (TPSA) is 84.4 Å². The van der Waals surface area contributed by atoms with Crippen LogP contribution in [-0.4, -0.2) is 55.7 Å². The van der Waals surface area contributed by atoms with Crippen molar-refractivity contribution in [2.45, 2.75) is 13.3 Å². The molecule has 0 saturated carbocycles. The molecule has 19 heavy (non-hydrogen) atoms. The van der Waals surface area contributed by atoms with Crippen molar-refractivity contribution < 1.29 is 13.2 Å². The molecule has 0 fully saturated rings. The molecule has 0 unspecified atom stereocenters. The van der Waals surface area contributed by atoms with E-state index in [4.69, 9.17) is 4.74 Å². The molecule has 1 aromatic rings. The van der Waals surface area contributed by atoms with Crippen LogP contribution in [0, 0.1) is 0 Å². The van der Waals surface area contributed by atoms with Gasteiger partial charge < -0.3 is 10.1 Å². The van der Waals surface area contributed by atoms with Gasteiger partial charge in [0.15, 0.2) is 0 Å². The number of hydrogen-bond acceptors (Lipinski definition) is 6. The quantitative estimate of drug-likeness (QED) is 0.753. The molecule has 0 saturated heterocycles. The van der Waals surface area contributed by atoms with E-state index in [0.717, 1.165) is 6.42 Å². The molecule has 0 aliphatic rings. The fraction of sp³-hybridized carbons (Fsp3) is 0.636. The van der Waals surface area contributed by atoms with Gasteiger partial charge in [-0.05, 0) is 6.42 Å². The predicted octanol–water partition coefficient (Wildman–Crippen LogP) is 0.569. The maximum absolute atomic E-state index is 11.6. The highest BCUT2D eigenvalue weighted by Gasteiger charge is 2.12. The van der Waals surface area contributed by atoms with Crippen LogP contribution in [0.25, 0.3) is 0 Å². The summed E-state index contributed by atoms with van der Waals surface area (Å²) in [6, 6.07) is 1.65. The predicted molar refractivity (Wildman–Crippen MR) is 73.8 cm³/mol. The van der Waals surface area contributed by atoms with E-state index in [0.29, 0.717) is 18.3 Å². The number of hydrogen-bond donors (Lipinski definition) is 1. The smallest absolute Gasteiger partial charge is 0.218 e. The van der Waals surface area contributed by atoms with E-state index in [2.05, 4.69) is 15.3 Å². The molecule has 1 rings (SSSR count). The summed E-state index contributed by atoms with van der Waals surface area (Å²) < 4.78 is 29.7. The lowest BCUT2D eigenvalue weighted by Gasteiger charge is -2.12. The number of nitrogens with one attached hydrogen (secondary N) is 1. The van der Waals surface area contributed by atoms with Gasteiger partial charge >= 0.3 is 0 Å². The highest BCUT2D eigenvalue weighted by molar-refractivity contribution is 7.89. The van der Waals surface area contributed by atoms with Crippen molar-refractivity contribution in [3.8, 4) is 5.88 Å². The Labute approximate surface area is 114 Å². The van der Waals surface area contributed by atoms with Crippen molar-refractivity contribution in [3.05, 3.63) is 12.4 Å². The third kappa shape index (κ3) is 5.39. The highest BCUT2D eigenvalue weighted by atomic mass is 32.2. The summed E-state index contributed by atoms with van der Waals surface area (Å²) in [5, 5.41) is 2.94. The normalized spacial score (nSPS) is 11.6. The standard InChI is InChI=1S/C11H20N4O3S/c1-4-6-18-11-8-10(13-9-14-11)12-5-7-19(16,17)15(2)3/h8-9H,4-7H2,1-3H3,(H,12,13,14). The molecular weight excluding hydrogens is 268 g/mol. The van der Waals surface area contributed by atoms with Crippen molar-refractivity contribution >= 4 is 15.8 Å². The number of anilines is 1. The Morgan fingerprint density at radius 3 is 2.74 bits per heavy atom. The molecule has 1 heterocycles. The van der Waals surface area contributed by atoms with Crippen molar-refractivity contribution in [1.82, 2.24) is 14.3 Å². The molecule has 0 aliphatic carbocycles. The third-order valence-electron chi connectivity index (χ3n) is 2.32. The molecule has 0 aliphatic heterocycles. The fourth-order valence-electron chi connectivity index (χ4n) is 1.21. The Kier molecular flexibility index (Phi) is 5.97. The van der Waals surface area contributed by atoms with Crippen LogP contribution in [-0.2, 0) is 10.0 Å². The van der Waals surface area contributed by atoms with Crippen LogP contribution < -0.4 is 10.1 Å². The molecular formula is C11H20N4O3S. The van der Waals surface area contributed by atoms with E-state index in [-0.39, 0.29) is 12.3 Å². The largest absolute Gasteiger partial charge is 0.478 e. The van der Waals surface area contributed by atoms with Gasteiger partial charge in [-0.1, -0.05) is 6.92 Å². The van der Waals surface area contributed by atoms with Gasteiger partial charge in [0.1, 0.15) is 12.1 Å². The summed E-state index contributed by atoms with van der Waals surface area (Å²) in [5.41, 5.74) is 0. The first kappa shape index (κ1) is 15.6. The van der Waals surface area contributed by atoms with Gasteiger partial charge in [0.05, 0.1) is 12.4 Å². The number of aromatic nitrogens is 2. The first-order chi connectivity index (χ1) is 8.95. The van der Waals surface area contributed by atoms with Gasteiger partial charge in [0.25, 0.3) is 0 Å². The van der Waals surface area contributed by atoms with Crippen LogP contribution in [0.15, 0.2) is 12.4 Å². The van der Waals surface area contributed by atoms with E-state index >= 15 is 0 Å². The van der Waals surface area contributed by atoms with Crippen LogP contribution >= 0.6 is 0 Å². The van der Waals surface area contributed by atoms with Crippen molar-refractivity contribution in [2.75, 3.05) is 38.3 Å². The molecule has 0 atom stereocenters. The zero-order valence-electron chi connectivity index (χ0n) is 11.5. The lowest BCUT2D eigenvalue weighted by Crippen LogP contribution is -2.28. The molecule has 0 bridgehead atoms. The second-order valence-electron chi connectivity index (χ2n) is 4.12. The minimum absolute atomic E-state index is 0.00908. The Bertz CT molecular complexity index is 490. The Morgan fingerprint density at radius 2 is 2.11 bits per heavy atom. The first-order valence-electron chi connectivity index (χ1n) is 6.04. The average Bonchev–Trinajstić information content (AvgIpc) is 2.36. The van der Waals surface area contributed by atoms with E-state index in [1.807, 2.05) is 6.92 Å². The number of ether oxygens (including phenoxy) is 1. The van der Waals surface area contributed by atoms with Crippen LogP contribution in [0.3, 0.4) is 0 Å². The summed E-state index contributed by atoms with van der Waals surface area (Å²) in [5.74, 6) is 1.04. The number of rotatable bonds is 8. The SMILES string of the molecule is CCCOc1cc(NCCS(=O)(=O)N(C)C)ncn1. The van der Waals surface area contributed by atoms with Gasteiger partial charge in [-0.2, -0.15) is 0 Å². The Balaban J connectivity index is 2.49. The third-order valence-corrected chi connectivity index (χ3v) is 4.15. The molecule has 0 amide bonds. The second-order valence-corrected chi connectivity index (χ2v) is 6.42. The van der Waals surface area contributed by atoms with Gasteiger partial charge in [-0.3, -0.25) is 0 Å². The van der Waals surface area contributed by atoms with Crippen LogP contribution in [0.2, 0.25) is 0 Å². The van der Waals surface area contributed by atoms with Crippen molar-refractivity contribution in [3.63, 3.8) is 0 Å². The Morgan fingerprint density at radius 1 is 1.37 bits per heavy atom. The zero-order valence-corrected chi connectivity index (χ0v) is 12.3. The van der Waals surface area contributed by atoms with Gasteiger partial charge in [-0.25, -0.2) is 22.7 Å². The highest BCUT2D eigenvalue weighted by Crippen LogP contribution is 2.11. The minimum Gasteiger partial charge on any atom is -0.478 e. The molecule has 0 radical (unpaired) electrons. The molecule has 7 nitrogen and oxygen atoms in total. The molecule has 1 aromatic heterocycles. The van der Waals surface area contributed by atoms with Crippen molar-refractivity contribution in [2.24, 2.45) is 0 Å². The van der Waals surface area contributed by atoms with Crippen LogP contribution in [0.4, 0.5) is 5.82 Å². The van der Waals surface area contributed by atoms with E-state index < -0.39 is 10.0 Å². The second kappa shape index (κ2) is 7.25. The van der Waals surface area contributed by atoms with Crippen molar-refractivity contribution in [1.29, 1.82) is 0 Å². The minimum atomic E-state index is -3.20. The van der Waals surface area contributed by atoms with Gasteiger partial charge in [0, 0.05) is 26.7 Å². The number of sulfonamides is 1. The zero-order chi connectivity index (χ0) is 14.3. The van der Waals surface area contributed by atoms with E-state index in [1.54, 1.807) is 6.07 Å². The van der Waals surface area contributed by atoms with E-state index in [9.17, 15) is 8.42 Å². The molecule has 0 spiro atoms. The lowest BCUT2D eigenvalue weighted by molar-refractivity contribution is 0.305. The molecule has 108 valence electrons. The summed E-state index contributed by atoms with van der Waals surface area (Å²) in [6.45, 7) is 2.88. The maximum Gasteiger partial charge on any atom is 0.218 e. The van der Waals surface area contributed by atoms with Crippen LogP contribution in [0.5, 0.6) is 5.88 Å². The summed E-state index contributed by atoms with van der Waals surface area (Å²) in [4.78, 5) is 7.96. The maximum atomic E-state index is 11.6. The first-order valence-corrected chi connectivity index (χ1v) is 7.65.